The first kappa shape index (κ1) is 28.1. The van der Waals surface area contributed by atoms with Gasteiger partial charge in [-0.1, -0.05) is 17.7 Å². The first-order valence-corrected chi connectivity index (χ1v) is 12.3. The number of imidazole rings is 1. The number of likely N-dealkylation sites (tertiary alicyclic amines) is 1. The smallest absolute Gasteiger partial charge is 0.433 e. The number of aromatic nitrogens is 4. The first-order valence-electron chi connectivity index (χ1n) is 11.9. The molecule has 1 N–H and O–H groups in total. The van der Waals surface area contributed by atoms with E-state index >= 15 is 0 Å². The molecule has 7 nitrogen and oxygen atoms in total. The van der Waals surface area contributed by atoms with Gasteiger partial charge in [0.15, 0.2) is 5.60 Å². The lowest BCUT2D eigenvalue weighted by Crippen LogP contribution is -2.52. The van der Waals surface area contributed by atoms with Crippen molar-refractivity contribution in [1.82, 2.24) is 24.4 Å². The van der Waals surface area contributed by atoms with Crippen LogP contribution < -0.4 is 4.74 Å². The van der Waals surface area contributed by atoms with E-state index in [9.17, 15) is 31.4 Å². The highest BCUT2D eigenvalue weighted by molar-refractivity contribution is 6.36. The minimum Gasteiger partial charge on any atom is -0.481 e. The van der Waals surface area contributed by atoms with Gasteiger partial charge in [0.1, 0.15) is 5.69 Å². The summed E-state index contributed by atoms with van der Waals surface area (Å²) in [5.74, 6) is -1.31. The third kappa shape index (κ3) is 4.86. The average molecular weight is 586 g/mol. The summed E-state index contributed by atoms with van der Waals surface area (Å²) in [7, 11) is 2.94. The lowest BCUT2D eigenvalue weighted by atomic mass is 9.83. The molecule has 0 saturated carbocycles. The maximum atomic E-state index is 13.5. The summed E-state index contributed by atoms with van der Waals surface area (Å²) in [4.78, 5) is 13.4. The summed E-state index contributed by atoms with van der Waals surface area (Å²) in [5.41, 5.74) is -2.40. The van der Waals surface area contributed by atoms with Gasteiger partial charge in [-0.3, -0.25) is 9.88 Å². The molecular formula is C26H22ClF6N5O2. The number of halogens is 7. The van der Waals surface area contributed by atoms with Crippen LogP contribution >= 0.6 is 11.6 Å². The highest BCUT2D eigenvalue weighted by Crippen LogP contribution is 2.42. The number of ether oxygens (including phenoxy) is 1. The third-order valence-electron chi connectivity index (χ3n) is 7.05. The van der Waals surface area contributed by atoms with Crippen LogP contribution in [0.25, 0.3) is 10.9 Å². The van der Waals surface area contributed by atoms with Crippen molar-refractivity contribution >= 4 is 22.5 Å². The Kier molecular flexibility index (Phi) is 6.95. The van der Waals surface area contributed by atoms with Crippen LogP contribution in [0.1, 0.15) is 28.1 Å². The molecule has 1 fully saturated rings. The van der Waals surface area contributed by atoms with Crippen molar-refractivity contribution < 1.29 is 36.2 Å². The number of benzene rings is 1. The first-order chi connectivity index (χ1) is 18.7. The number of hydrogen-bond donors (Lipinski definition) is 1. The minimum absolute atomic E-state index is 0.0348. The zero-order chi connectivity index (χ0) is 29.0. The Morgan fingerprint density at radius 1 is 1.07 bits per heavy atom. The number of fused-ring (bicyclic) bond motifs is 1. The average Bonchev–Trinajstić information content (AvgIpc) is 3.31. The molecule has 14 heteroatoms. The monoisotopic (exact) mass is 585 g/mol. The summed E-state index contributed by atoms with van der Waals surface area (Å²) >= 11 is 6.76. The topological polar surface area (TPSA) is 76.3 Å². The van der Waals surface area contributed by atoms with E-state index in [1.165, 1.54) is 48.5 Å². The maximum absolute atomic E-state index is 13.5. The molecule has 212 valence electrons. The molecule has 1 unspecified atom stereocenters. The lowest BCUT2D eigenvalue weighted by Gasteiger charge is -2.40. The molecule has 1 saturated heterocycles. The molecule has 0 aliphatic carbocycles. The van der Waals surface area contributed by atoms with Gasteiger partial charge in [0, 0.05) is 43.8 Å². The Balaban J connectivity index is 1.63. The van der Waals surface area contributed by atoms with Gasteiger partial charge < -0.3 is 14.4 Å². The van der Waals surface area contributed by atoms with Gasteiger partial charge in [0.05, 0.1) is 41.8 Å². The van der Waals surface area contributed by atoms with Crippen LogP contribution in [-0.2, 0) is 25.4 Å². The molecule has 1 aromatic carbocycles. The summed E-state index contributed by atoms with van der Waals surface area (Å²) in [6.07, 6.45) is -5.37. The molecule has 0 amide bonds. The predicted octanol–water partition coefficient (Wildman–Crippen LogP) is 5.32. The van der Waals surface area contributed by atoms with Gasteiger partial charge in [0.25, 0.3) is 0 Å². The van der Waals surface area contributed by atoms with E-state index in [4.69, 9.17) is 16.3 Å². The van der Waals surface area contributed by atoms with Gasteiger partial charge in [-0.2, -0.15) is 26.3 Å². The van der Waals surface area contributed by atoms with Gasteiger partial charge in [-0.05, 0) is 35.4 Å². The molecule has 0 bridgehead atoms. The minimum atomic E-state index is -4.76. The molecule has 40 heavy (non-hydrogen) atoms. The number of alkyl halides is 6. The molecule has 0 spiro atoms. The summed E-state index contributed by atoms with van der Waals surface area (Å²) < 4.78 is 86.4. The molecular weight excluding hydrogens is 564 g/mol. The number of aliphatic hydroxyl groups is 1. The van der Waals surface area contributed by atoms with E-state index in [1.54, 1.807) is 11.9 Å². The van der Waals surface area contributed by atoms with Crippen molar-refractivity contribution in [2.75, 3.05) is 20.2 Å². The summed E-state index contributed by atoms with van der Waals surface area (Å²) in [6.45, 7) is -0.372. The fraction of sp³-hybridized carbons (Fsp3) is 0.346. The number of aryl methyl sites for hydroxylation is 1. The Morgan fingerprint density at radius 2 is 1.77 bits per heavy atom. The van der Waals surface area contributed by atoms with Crippen LogP contribution in [-0.4, -0.2) is 55.9 Å². The van der Waals surface area contributed by atoms with E-state index in [2.05, 4.69) is 15.0 Å². The quantitative estimate of drug-likeness (QED) is 0.309. The molecule has 1 aliphatic heterocycles. The van der Waals surface area contributed by atoms with E-state index in [0.29, 0.717) is 16.5 Å². The Hall–Kier alpha value is -3.42. The van der Waals surface area contributed by atoms with Crippen LogP contribution in [0.5, 0.6) is 5.88 Å². The largest absolute Gasteiger partial charge is 0.481 e. The van der Waals surface area contributed by atoms with Crippen molar-refractivity contribution in [3.05, 3.63) is 82.2 Å². The molecule has 1 atom stereocenters. The van der Waals surface area contributed by atoms with Gasteiger partial charge in [0.2, 0.25) is 5.88 Å². The summed E-state index contributed by atoms with van der Waals surface area (Å²) in [5, 5.41) is 12.6. The highest BCUT2D eigenvalue weighted by atomic mass is 35.5. The van der Waals surface area contributed by atoms with Crippen LogP contribution in [0.3, 0.4) is 0 Å². The number of pyridine rings is 2. The van der Waals surface area contributed by atoms with E-state index < -0.39 is 29.6 Å². The molecule has 0 radical (unpaired) electrons. The lowest BCUT2D eigenvalue weighted by molar-refractivity contribution is -0.210. The molecule has 1 aliphatic rings. The fourth-order valence-corrected chi connectivity index (χ4v) is 5.17. The number of nitrogens with zero attached hydrogens (tertiary/aromatic N) is 5. The van der Waals surface area contributed by atoms with Crippen molar-refractivity contribution in [3.8, 4) is 5.88 Å². The van der Waals surface area contributed by atoms with E-state index in [1.807, 2.05) is 0 Å². The van der Waals surface area contributed by atoms with Crippen LogP contribution in [0.15, 0.2) is 49.1 Å². The fourth-order valence-electron chi connectivity index (χ4n) is 4.88. The van der Waals surface area contributed by atoms with Gasteiger partial charge in [-0.25, -0.2) is 9.97 Å². The normalized spacial score (nSPS) is 16.6. The van der Waals surface area contributed by atoms with Crippen molar-refractivity contribution in [3.63, 3.8) is 0 Å². The van der Waals surface area contributed by atoms with E-state index in [-0.39, 0.29) is 47.4 Å². The summed E-state index contributed by atoms with van der Waals surface area (Å²) in [6, 6.07) is 6.54. The Morgan fingerprint density at radius 3 is 2.38 bits per heavy atom. The number of methoxy groups -OCH3 is 1. The Labute approximate surface area is 229 Å². The molecule has 3 aromatic heterocycles. The second-order valence-corrected chi connectivity index (χ2v) is 9.98. The van der Waals surface area contributed by atoms with Gasteiger partial charge in [-0.15, -0.1) is 0 Å². The van der Waals surface area contributed by atoms with Crippen molar-refractivity contribution in [1.29, 1.82) is 0 Å². The standard InChI is InChI=1S/C26H22ClF6N5O2/c1-37-13-34-9-21(37)24(39,15-5-6-35-20(8-15)26(31,32)33)14-3-4-19-17(7-14)22(27)18(23(36-19)40-2)12-38-10-16(11-38)25(28,29)30/h3-9,13,16,39H,10-12H2,1-2H3. The number of rotatable bonds is 6. The number of hydrogen-bond acceptors (Lipinski definition) is 6. The third-order valence-corrected chi connectivity index (χ3v) is 7.48. The molecule has 4 aromatic rings. The molecule has 4 heterocycles. The van der Waals surface area contributed by atoms with Crippen molar-refractivity contribution in [2.24, 2.45) is 13.0 Å². The van der Waals surface area contributed by atoms with E-state index in [0.717, 1.165) is 12.3 Å². The highest BCUT2D eigenvalue weighted by Gasteiger charge is 2.47. The van der Waals surface area contributed by atoms with Crippen LogP contribution in [0.4, 0.5) is 26.3 Å². The zero-order valence-corrected chi connectivity index (χ0v) is 21.8. The maximum Gasteiger partial charge on any atom is 0.433 e. The Bertz CT molecular complexity index is 1570. The predicted molar refractivity (Wildman–Crippen MR) is 133 cm³/mol. The second-order valence-electron chi connectivity index (χ2n) is 9.61. The van der Waals surface area contributed by atoms with Crippen molar-refractivity contribution in [2.45, 2.75) is 24.5 Å². The van der Waals surface area contributed by atoms with Crippen LogP contribution in [0, 0.1) is 5.92 Å². The SMILES string of the molecule is COc1nc2ccc(C(O)(c3ccnc(C(F)(F)F)c3)c3cncn3C)cc2c(Cl)c1CN1CC(C(F)(F)F)C1. The zero-order valence-electron chi connectivity index (χ0n) is 21.1. The van der Waals surface area contributed by atoms with Crippen LogP contribution in [0.2, 0.25) is 5.02 Å². The molecule has 5 rings (SSSR count). The van der Waals surface area contributed by atoms with Gasteiger partial charge >= 0.3 is 12.4 Å². The second kappa shape index (κ2) is 9.89.